The molecule has 0 bridgehead atoms. The first kappa shape index (κ1) is 17.9. The molecular formula is C14H23ClN2O4. The van der Waals surface area contributed by atoms with Gasteiger partial charge in [0.15, 0.2) is 0 Å². The summed E-state index contributed by atoms with van der Waals surface area (Å²) in [5.74, 6) is -0.0366. The summed E-state index contributed by atoms with van der Waals surface area (Å²) in [5.41, 5.74) is -0.318. The summed E-state index contributed by atoms with van der Waals surface area (Å²) in [7, 11) is 1.62. The highest BCUT2D eigenvalue weighted by atomic mass is 35.5. The molecule has 0 fully saturated rings. The highest BCUT2D eigenvalue weighted by Gasteiger charge is 2.15. The number of hydrogen-bond donors (Lipinski definition) is 1. The van der Waals surface area contributed by atoms with E-state index in [1.54, 1.807) is 7.11 Å². The lowest BCUT2D eigenvalue weighted by atomic mass is 10.1. The Morgan fingerprint density at radius 1 is 1.19 bits per heavy atom. The first-order valence-electron chi connectivity index (χ1n) is 7.08. The standard InChI is InChI=1S/C14H23ClN2O4/c1-10(2)11-12(15)16-14(19)17(13(11)18)6-4-5-7-21-9-8-20-3/h10H,4-9H2,1-3H3,(H,16,19). The van der Waals surface area contributed by atoms with Crippen molar-refractivity contribution in [2.75, 3.05) is 26.9 Å². The number of unbranched alkanes of at least 4 members (excludes halogenated alkanes) is 1. The molecule has 1 aromatic heterocycles. The summed E-state index contributed by atoms with van der Waals surface area (Å²) in [6.07, 6.45) is 1.46. The summed E-state index contributed by atoms with van der Waals surface area (Å²) in [6.45, 7) is 5.80. The zero-order chi connectivity index (χ0) is 15.8. The molecule has 0 radical (unpaired) electrons. The Hall–Kier alpha value is -1.11. The van der Waals surface area contributed by atoms with Gasteiger partial charge in [-0.25, -0.2) is 4.79 Å². The van der Waals surface area contributed by atoms with Crippen molar-refractivity contribution < 1.29 is 9.47 Å². The Morgan fingerprint density at radius 3 is 2.52 bits per heavy atom. The molecule has 6 nitrogen and oxygen atoms in total. The van der Waals surface area contributed by atoms with E-state index in [9.17, 15) is 9.59 Å². The molecule has 0 saturated carbocycles. The normalized spacial score (nSPS) is 11.3. The van der Waals surface area contributed by atoms with E-state index in [2.05, 4.69) is 4.98 Å². The molecule has 0 unspecified atom stereocenters. The number of aromatic nitrogens is 2. The second-order valence-corrected chi connectivity index (χ2v) is 5.46. The SMILES string of the molecule is COCCOCCCCn1c(=O)[nH]c(Cl)c(C(C)C)c1=O. The molecule has 0 saturated heterocycles. The van der Waals surface area contributed by atoms with Gasteiger partial charge in [-0.2, -0.15) is 0 Å². The van der Waals surface area contributed by atoms with Gasteiger partial charge >= 0.3 is 5.69 Å². The van der Waals surface area contributed by atoms with Crippen LogP contribution in [0, 0.1) is 0 Å². The number of H-pyrrole nitrogens is 1. The van der Waals surface area contributed by atoms with Crippen LogP contribution in [0.5, 0.6) is 0 Å². The lowest BCUT2D eigenvalue weighted by Gasteiger charge is -2.11. The molecule has 0 amide bonds. The van der Waals surface area contributed by atoms with Crippen LogP contribution >= 0.6 is 11.6 Å². The van der Waals surface area contributed by atoms with E-state index in [0.29, 0.717) is 38.3 Å². The van der Waals surface area contributed by atoms with E-state index in [4.69, 9.17) is 21.1 Å². The third kappa shape index (κ3) is 5.30. The topological polar surface area (TPSA) is 73.3 Å². The van der Waals surface area contributed by atoms with E-state index in [0.717, 1.165) is 6.42 Å². The molecule has 1 aromatic rings. The van der Waals surface area contributed by atoms with Crippen LogP contribution in [0.2, 0.25) is 5.15 Å². The van der Waals surface area contributed by atoms with Gasteiger partial charge in [0.2, 0.25) is 0 Å². The maximum atomic E-state index is 12.3. The average molecular weight is 319 g/mol. The Balaban J connectivity index is 2.62. The lowest BCUT2D eigenvalue weighted by Crippen LogP contribution is -2.37. The van der Waals surface area contributed by atoms with Crippen molar-refractivity contribution in [2.45, 2.75) is 39.2 Å². The van der Waals surface area contributed by atoms with Gasteiger partial charge in [0.1, 0.15) is 5.15 Å². The largest absolute Gasteiger partial charge is 0.382 e. The zero-order valence-corrected chi connectivity index (χ0v) is 13.5. The van der Waals surface area contributed by atoms with Crippen molar-refractivity contribution in [3.63, 3.8) is 0 Å². The smallest absolute Gasteiger partial charge is 0.329 e. The molecule has 0 spiro atoms. The third-order valence-corrected chi connectivity index (χ3v) is 3.40. The minimum Gasteiger partial charge on any atom is -0.382 e. The van der Waals surface area contributed by atoms with Gasteiger partial charge < -0.3 is 9.47 Å². The molecule has 0 aliphatic carbocycles. The fourth-order valence-electron chi connectivity index (χ4n) is 1.98. The number of aromatic amines is 1. The van der Waals surface area contributed by atoms with Crippen LogP contribution in [0.1, 0.15) is 38.2 Å². The maximum absolute atomic E-state index is 12.3. The number of methoxy groups -OCH3 is 1. The molecule has 120 valence electrons. The van der Waals surface area contributed by atoms with Crippen molar-refractivity contribution in [1.82, 2.24) is 9.55 Å². The first-order valence-corrected chi connectivity index (χ1v) is 7.46. The summed E-state index contributed by atoms with van der Waals surface area (Å²) >= 11 is 5.93. The lowest BCUT2D eigenvalue weighted by molar-refractivity contribution is 0.0683. The van der Waals surface area contributed by atoms with Crippen molar-refractivity contribution >= 4 is 11.6 Å². The molecule has 1 N–H and O–H groups in total. The quantitative estimate of drug-likeness (QED) is 0.556. The molecule has 21 heavy (non-hydrogen) atoms. The minimum atomic E-state index is -0.463. The van der Waals surface area contributed by atoms with Gasteiger partial charge in [0.05, 0.1) is 18.8 Å². The van der Waals surface area contributed by atoms with E-state index < -0.39 is 5.69 Å². The predicted octanol–water partition coefficient (Wildman–Crippen LogP) is 1.76. The van der Waals surface area contributed by atoms with Crippen molar-refractivity contribution in [2.24, 2.45) is 0 Å². The van der Waals surface area contributed by atoms with Crippen LogP contribution in [0.25, 0.3) is 0 Å². The summed E-state index contributed by atoms with van der Waals surface area (Å²) in [4.78, 5) is 26.6. The Bertz CT molecular complexity index is 551. The fraction of sp³-hybridized carbons (Fsp3) is 0.714. The molecule has 0 aliphatic rings. The molecule has 1 rings (SSSR count). The molecule has 0 aromatic carbocycles. The Kier molecular flexibility index (Phi) is 7.71. The number of hydrogen-bond acceptors (Lipinski definition) is 4. The average Bonchev–Trinajstić information content (AvgIpc) is 2.40. The van der Waals surface area contributed by atoms with Gasteiger partial charge in [0.25, 0.3) is 5.56 Å². The number of rotatable bonds is 9. The van der Waals surface area contributed by atoms with E-state index in [1.165, 1.54) is 4.57 Å². The van der Waals surface area contributed by atoms with Gasteiger partial charge in [-0.1, -0.05) is 25.4 Å². The zero-order valence-electron chi connectivity index (χ0n) is 12.8. The van der Waals surface area contributed by atoms with E-state index in [1.807, 2.05) is 13.8 Å². The summed E-state index contributed by atoms with van der Waals surface area (Å²) in [5, 5.41) is 0.138. The van der Waals surface area contributed by atoms with Gasteiger partial charge in [-0.05, 0) is 18.8 Å². The molecule has 0 atom stereocenters. The maximum Gasteiger partial charge on any atom is 0.329 e. The van der Waals surface area contributed by atoms with Crippen LogP contribution in [0.3, 0.4) is 0 Å². The van der Waals surface area contributed by atoms with Crippen LogP contribution in [-0.4, -0.2) is 36.5 Å². The van der Waals surface area contributed by atoms with Crippen LogP contribution in [0.15, 0.2) is 9.59 Å². The predicted molar refractivity (Wildman–Crippen MR) is 82.4 cm³/mol. The third-order valence-electron chi connectivity index (χ3n) is 3.10. The van der Waals surface area contributed by atoms with E-state index >= 15 is 0 Å². The van der Waals surface area contributed by atoms with Crippen LogP contribution in [-0.2, 0) is 16.0 Å². The van der Waals surface area contributed by atoms with Crippen LogP contribution < -0.4 is 11.2 Å². The molecule has 1 heterocycles. The van der Waals surface area contributed by atoms with E-state index in [-0.39, 0.29) is 16.6 Å². The highest BCUT2D eigenvalue weighted by molar-refractivity contribution is 6.30. The molecule has 7 heteroatoms. The van der Waals surface area contributed by atoms with Crippen LogP contribution in [0.4, 0.5) is 0 Å². The van der Waals surface area contributed by atoms with Gasteiger partial charge in [-0.15, -0.1) is 0 Å². The second-order valence-electron chi connectivity index (χ2n) is 5.08. The second kappa shape index (κ2) is 9.02. The van der Waals surface area contributed by atoms with Gasteiger partial charge in [-0.3, -0.25) is 14.3 Å². The number of nitrogens with zero attached hydrogens (tertiary/aromatic N) is 1. The van der Waals surface area contributed by atoms with Crippen molar-refractivity contribution in [3.05, 3.63) is 31.6 Å². The van der Waals surface area contributed by atoms with Crippen molar-refractivity contribution in [3.8, 4) is 0 Å². The molecular weight excluding hydrogens is 296 g/mol. The fourth-order valence-corrected chi connectivity index (χ4v) is 2.36. The Labute approximate surface area is 129 Å². The monoisotopic (exact) mass is 318 g/mol. The summed E-state index contributed by atoms with van der Waals surface area (Å²) in [6, 6.07) is 0. The van der Waals surface area contributed by atoms with Crippen molar-refractivity contribution in [1.29, 1.82) is 0 Å². The highest BCUT2D eigenvalue weighted by Crippen LogP contribution is 2.16. The molecule has 0 aliphatic heterocycles. The minimum absolute atomic E-state index is 0.0366. The summed E-state index contributed by atoms with van der Waals surface area (Å²) < 4.78 is 11.4. The first-order chi connectivity index (χ1) is 9.99. The Morgan fingerprint density at radius 2 is 1.90 bits per heavy atom. The number of nitrogens with one attached hydrogen (secondary N) is 1. The van der Waals surface area contributed by atoms with Gasteiger partial charge in [0, 0.05) is 20.3 Å². The number of ether oxygens (including phenoxy) is 2. The number of halogens is 1.